The molecule has 0 aliphatic rings. The van der Waals surface area contributed by atoms with Crippen molar-refractivity contribution in [3.05, 3.63) is 63.7 Å². The fourth-order valence-electron chi connectivity index (χ4n) is 3.39. The van der Waals surface area contributed by atoms with Gasteiger partial charge >= 0.3 is 12.4 Å². The number of alkyl halides is 6. The SMILES string of the molecule is Cc1c(C#N)c(-c2ccc(C#N)c(C(F)(F)F)c2)c(C)n1Cc1cc(C(F)(F)F)[nH]n1. The molecule has 0 fully saturated rings. The molecule has 11 heteroatoms. The molecule has 0 aliphatic carbocycles. The number of hydrogen-bond donors (Lipinski definition) is 1. The highest BCUT2D eigenvalue weighted by atomic mass is 19.4. The van der Waals surface area contributed by atoms with Crippen LogP contribution in [0, 0.1) is 36.5 Å². The standard InChI is InChI=1S/C20H13F6N5/c1-10-15(8-28)18(12-3-4-13(7-27)16(5-12)19(21,22)23)11(2)31(10)9-14-6-17(30-29-14)20(24,25)26/h3-6H,9H2,1-2H3,(H,29,30). The fourth-order valence-corrected chi connectivity index (χ4v) is 3.39. The zero-order chi connectivity index (χ0) is 23.1. The zero-order valence-corrected chi connectivity index (χ0v) is 16.1. The predicted molar refractivity (Wildman–Crippen MR) is 96.5 cm³/mol. The molecule has 0 spiro atoms. The van der Waals surface area contributed by atoms with E-state index in [-0.39, 0.29) is 28.9 Å². The normalized spacial score (nSPS) is 11.9. The topological polar surface area (TPSA) is 81.2 Å². The van der Waals surface area contributed by atoms with Gasteiger partial charge in [-0.2, -0.15) is 42.0 Å². The van der Waals surface area contributed by atoms with Crippen LogP contribution in [0.3, 0.4) is 0 Å². The second kappa shape index (κ2) is 7.51. The average Bonchev–Trinajstić information content (AvgIpc) is 3.25. The van der Waals surface area contributed by atoms with Crippen molar-refractivity contribution in [3.8, 4) is 23.3 Å². The van der Waals surface area contributed by atoms with E-state index in [1.54, 1.807) is 13.8 Å². The van der Waals surface area contributed by atoms with Gasteiger partial charge < -0.3 is 4.57 Å². The molecule has 0 amide bonds. The molecular weight excluding hydrogens is 424 g/mol. The number of rotatable bonds is 3. The van der Waals surface area contributed by atoms with Gasteiger partial charge in [0.15, 0.2) is 0 Å². The third-order valence-corrected chi connectivity index (χ3v) is 4.89. The van der Waals surface area contributed by atoms with Crippen molar-refractivity contribution in [1.29, 1.82) is 10.5 Å². The van der Waals surface area contributed by atoms with Crippen molar-refractivity contribution in [1.82, 2.24) is 14.8 Å². The molecule has 0 unspecified atom stereocenters. The number of aromatic nitrogens is 3. The summed E-state index contributed by atoms with van der Waals surface area (Å²) in [5, 5.41) is 24.1. The van der Waals surface area contributed by atoms with Crippen LogP contribution in [0.4, 0.5) is 26.3 Å². The first-order valence-corrected chi connectivity index (χ1v) is 8.71. The number of nitrogens with zero attached hydrogens (tertiary/aromatic N) is 4. The largest absolute Gasteiger partial charge is 0.432 e. The first-order chi connectivity index (χ1) is 14.4. The van der Waals surface area contributed by atoms with Crippen LogP contribution in [0.1, 0.15) is 39.5 Å². The number of benzene rings is 1. The molecule has 0 saturated heterocycles. The zero-order valence-electron chi connectivity index (χ0n) is 16.1. The lowest BCUT2D eigenvalue weighted by Gasteiger charge is -2.12. The van der Waals surface area contributed by atoms with E-state index < -0.39 is 29.2 Å². The van der Waals surface area contributed by atoms with E-state index in [0.717, 1.165) is 18.2 Å². The molecule has 5 nitrogen and oxygen atoms in total. The minimum atomic E-state index is -4.78. The fraction of sp³-hybridized carbons (Fsp3) is 0.250. The Bertz CT molecular complexity index is 1230. The van der Waals surface area contributed by atoms with Crippen LogP contribution < -0.4 is 0 Å². The van der Waals surface area contributed by atoms with Gasteiger partial charge in [-0.3, -0.25) is 5.10 Å². The average molecular weight is 437 g/mol. The van der Waals surface area contributed by atoms with E-state index >= 15 is 0 Å². The maximum absolute atomic E-state index is 13.4. The van der Waals surface area contributed by atoms with Gasteiger partial charge in [-0.1, -0.05) is 6.07 Å². The van der Waals surface area contributed by atoms with Crippen LogP contribution in [0.5, 0.6) is 0 Å². The molecule has 0 atom stereocenters. The first-order valence-electron chi connectivity index (χ1n) is 8.71. The number of nitrogens with one attached hydrogen (secondary N) is 1. The molecule has 1 N–H and O–H groups in total. The molecule has 0 saturated carbocycles. The summed E-state index contributed by atoms with van der Waals surface area (Å²) in [4.78, 5) is 0. The van der Waals surface area contributed by atoms with E-state index in [2.05, 4.69) is 5.10 Å². The van der Waals surface area contributed by atoms with Crippen molar-refractivity contribution >= 4 is 0 Å². The summed E-state index contributed by atoms with van der Waals surface area (Å²) in [6.07, 6.45) is -9.38. The van der Waals surface area contributed by atoms with Gasteiger partial charge in [0.1, 0.15) is 11.8 Å². The van der Waals surface area contributed by atoms with Crippen molar-refractivity contribution in [2.75, 3.05) is 0 Å². The maximum atomic E-state index is 13.4. The summed E-state index contributed by atoms with van der Waals surface area (Å²) in [7, 11) is 0. The number of halogens is 6. The van der Waals surface area contributed by atoms with Crippen LogP contribution in [0.15, 0.2) is 24.3 Å². The Hall–Kier alpha value is -3.73. The van der Waals surface area contributed by atoms with Crippen molar-refractivity contribution in [3.63, 3.8) is 0 Å². The lowest BCUT2D eigenvalue weighted by molar-refractivity contribution is -0.141. The van der Waals surface area contributed by atoms with Crippen LogP contribution in [-0.2, 0) is 18.9 Å². The van der Waals surface area contributed by atoms with Gasteiger partial charge in [-0.25, -0.2) is 0 Å². The Balaban J connectivity index is 2.13. The maximum Gasteiger partial charge on any atom is 0.432 e. The molecule has 2 heterocycles. The van der Waals surface area contributed by atoms with Gasteiger partial charge in [-0.15, -0.1) is 0 Å². The van der Waals surface area contributed by atoms with Crippen molar-refractivity contribution in [2.45, 2.75) is 32.7 Å². The highest BCUT2D eigenvalue weighted by Gasteiger charge is 2.35. The molecule has 160 valence electrons. The molecule has 1 aromatic carbocycles. The molecular formula is C20H13F6N5. The van der Waals surface area contributed by atoms with Crippen LogP contribution in [0.25, 0.3) is 11.1 Å². The smallest absolute Gasteiger partial charge is 0.341 e. The predicted octanol–water partition coefficient (Wildman–Crippen LogP) is 5.32. The van der Waals surface area contributed by atoms with Gasteiger partial charge in [-0.05, 0) is 37.6 Å². The Morgan fingerprint density at radius 2 is 1.65 bits per heavy atom. The molecule has 2 aromatic heterocycles. The summed E-state index contributed by atoms with van der Waals surface area (Å²) in [6, 6.07) is 7.39. The minimum absolute atomic E-state index is 0.0420. The molecule has 0 radical (unpaired) electrons. The molecule has 0 aliphatic heterocycles. The van der Waals surface area contributed by atoms with Crippen LogP contribution in [0.2, 0.25) is 0 Å². The molecule has 31 heavy (non-hydrogen) atoms. The van der Waals surface area contributed by atoms with E-state index in [4.69, 9.17) is 5.26 Å². The van der Waals surface area contributed by atoms with Crippen LogP contribution >= 0.6 is 0 Å². The van der Waals surface area contributed by atoms with Gasteiger partial charge in [0, 0.05) is 17.0 Å². The Morgan fingerprint density at radius 1 is 0.968 bits per heavy atom. The Morgan fingerprint density at radius 3 is 2.16 bits per heavy atom. The van der Waals surface area contributed by atoms with Gasteiger partial charge in [0.2, 0.25) is 0 Å². The Labute approximate surface area is 172 Å². The van der Waals surface area contributed by atoms with Gasteiger partial charge in [0.25, 0.3) is 0 Å². The second-order valence-corrected chi connectivity index (χ2v) is 6.76. The monoisotopic (exact) mass is 437 g/mol. The highest BCUT2D eigenvalue weighted by molar-refractivity contribution is 5.76. The Kier molecular flexibility index (Phi) is 5.32. The molecule has 3 rings (SSSR count). The number of nitriles is 2. The van der Waals surface area contributed by atoms with Gasteiger partial charge in [0.05, 0.1) is 35.0 Å². The lowest BCUT2D eigenvalue weighted by atomic mass is 9.96. The minimum Gasteiger partial charge on any atom is -0.341 e. The van der Waals surface area contributed by atoms with E-state index in [0.29, 0.717) is 11.4 Å². The highest BCUT2D eigenvalue weighted by Crippen LogP contribution is 2.38. The molecule has 3 aromatic rings. The molecule has 0 bridgehead atoms. The summed E-state index contributed by atoms with van der Waals surface area (Å²) in [6.45, 7) is 2.97. The first kappa shape index (κ1) is 22.0. The summed E-state index contributed by atoms with van der Waals surface area (Å²) in [5.41, 5.74) is -1.58. The van der Waals surface area contributed by atoms with E-state index in [9.17, 15) is 31.6 Å². The lowest BCUT2D eigenvalue weighted by Crippen LogP contribution is -2.08. The number of hydrogen-bond acceptors (Lipinski definition) is 3. The summed E-state index contributed by atoms with van der Waals surface area (Å²) in [5.74, 6) is 0. The quantitative estimate of drug-likeness (QED) is 0.563. The summed E-state index contributed by atoms with van der Waals surface area (Å²) < 4.78 is 80.0. The third-order valence-electron chi connectivity index (χ3n) is 4.89. The second-order valence-electron chi connectivity index (χ2n) is 6.76. The van der Waals surface area contributed by atoms with Crippen molar-refractivity contribution < 1.29 is 26.3 Å². The third kappa shape index (κ3) is 3.99. The summed E-state index contributed by atoms with van der Waals surface area (Å²) >= 11 is 0. The van der Waals surface area contributed by atoms with Crippen LogP contribution in [-0.4, -0.2) is 14.8 Å². The number of aromatic amines is 1. The van der Waals surface area contributed by atoms with Crippen molar-refractivity contribution in [2.24, 2.45) is 0 Å². The van der Waals surface area contributed by atoms with E-state index in [1.807, 2.05) is 11.2 Å². The van der Waals surface area contributed by atoms with E-state index in [1.165, 1.54) is 16.7 Å². The number of H-pyrrole nitrogens is 1.